The highest BCUT2D eigenvalue weighted by molar-refractivity contribution is 6.39. The summed E-state index contributed by atoms with van der Waals surface area (Å²) in [5, 5.41) is 4.15. The molecule has 1 aromatic carbocycles. The minimum Gasteiger partial charge on any atom is -0.353 e. The van der Waals surface area contributed by atoms with Gasteiger partial charge in [-0.1, -0.05) is 41.4 Å². The highest BCUT2D eigenvalue weighted by Gasteiger charge is 2.05. The van der Waals surface area contributed by atoms with Gasteiger partial charge in [0, 0.05) is 18.1 Å². The van der Waals surface area contributed by atoms with Gasteiger partial charge in [0.25, 0.3) is 0 Å². The van der Waals surface area contributed by atoms with Gasteiger partial charge in [-0.2, -0.15) is 0 Å². The van der Waals surface area contributed by atoms with Crippen LogP contribution in [0.5, 0.6) is 0 Å². The summed E-state index contributed by atoms with van der Waals surface area (Å²) in [7, 11) is 0. The number of anilines is 2. The number of rotatable bonds is 2. The molecule has 0 atom stereocenters. The van der Waals surface area contributed by atoms with Crippen molar-refractivity contribution in [1.82, 2.24) is 4.98 Å². The first kappa shape index (κ1) is 10.3. The van der Waals surface area contributed by atoms with Crippen molar-refractivity contribution >= 4 is 34.6 Å². The van der Waals surface area contributed by atoms with Gasteiger partial charge in [-0.3, -0.25) is 4.98 Å². The van der Waals surface area contributed by atoms with Crippen molar-refractivity contribution in [2.24, 2.45) is 0 Å². The summed E-state index contributed by atoms with van der Waals surface area (Å²) in [6.45, 7) is 0. The monoisotopic (exact) mass is 238 g/mol. The number of benzene rings is 1. The first-order valence-electron chi connectivity index (χ1n) is 4.38. The standard InChI is InChI=1S/C11H8Cl2N2/c12-9-6-14-7-10(13)11(9)15-8-4-2-1-3-5-8/h1-7H,(H,14,15). The van der Waals surface area contributed by atoms with Gasteiger partial charge in [-0.05, 0) is 12.1 Å². The number of pyridine rings is 1. The van der Waals surface area contributed by atoms with Crippen LogP contribution in [-0.2, 0) is 0 Å². The first-order chi connectivity index (χ1) is 7.27. The van der Waals surface area contributed by atoms with E-state index in [4.69, 9.17) is 23.2 Å². The molecule has 1 heterocycles. The first-order valence-corrected chi connectivity index (χ1v) is 5.14. The van der Waals surface area contributed by atoms with Gasteiger partial charge in [-0.25, -0.2) is 0 Å². The fraction of sp³-hybridized carbons (Fsp3) is 0. The Hall–Kier alpha value is -1.25. The Balaban J connectivity index is 2.32. The number of halogens is 2. The summed E-state index contributed by atoms with van der Waals surface area (Å²) >= 11 is 11.9. The molecule has 0 unspecified atom stereocenters. The van der Waals surface area contributed by atoms with Crippen LogP contribution >= 0.6 is 23.2 Å². The van der Waals surface area contributed by atoms with Crippen LogP contribution in [0.25, 0.3) is 0 Å². The highest BCUT2D eigenvalue weighted by atomic mass is 35.5. The zero-order valence-corrected chi connectivity index (χ0v) is 9.26. The van der Waals surface area contributed by atoms with E-state index in [1.165, 1.54) is 0 Å². The summed E-state index contributed by atoms with van der Waals surface area (Å²) in [5.41, 5.74) is 1.62. The van der Waals surface area contributed by atoms with E-state index < -0.39 is 0 Å². The van der Waals surface area contributed by atoms with Crippen LogP contribution in [0.4, 0.5) is 11.4 Å². The van der Waals surface area contributed by atoms with Gasteiger partial charge in [0.2, 0.25) is 0 Å². The van der Waals surface area contributed by atoms with E-state index in [1.54, 1.807) is 12.4 Å². The number of hydrogen-bond acceptors (Lipinski definition) is 2. The Morgan fingerprint density at radius 1 is 0.933 bits per heavy atom. The van der Waals surface area contributed by atoms with Gasteiger partial charge < -0.3 is 5.32 Å². The molecule has 15 heavy (non-hydrogen) atoms. The van der Waals surface area contributed by atoms with Gasteiger partial charge in [0.1, 0.15) is 0 Å². The molecule has 0 saturated heterocycles. The fourth-order valence-electron chi connectivity index (χ4n) is 1.20. The van der Waals surface area contributed by atoms with E-state index in [0.29, 0.717) is 15.7 Å². The molecule has 0 aliphatic rings. The smallest absolute Gasteiger partial charge is 0.0839 e. The van der Waals surface area contributed by atoms with Crippen LogP contribution in [0, 0.1) is 0 Å². The molecule has 2 rings (SSSR count). The average Bonchev–Trinajstić information content (AvgIpc) is 2.25. The summed E-state index contributed by atoms with van der Waals surface area (Å²) < 4.78 is 0. The molecule has 0 aliphatic heterocycles. The van der Waals surface area contributed by atoms with Gasteiger partial charge in [0.05, 0.1) is 15.7 Å². The maximum absolute atomic E-state index is 5.97. The van der Waals surface area contributed by atoms with Crippen molar-refractivity contribution in [2.75, 3.05) is 5.32 Å². The Morgan fingerprint density at radius 2 is 1.53 bits per heavy atom. The lowest BCUT2D eigenvalue weighted by molar-refractivity contribution is 1.32. The number of nitrogens with zero attached hydrogens (tertiary/aromatic N) is 1. The van der Waals surface area contributed by atoms with Crippen molar-refractivity contribution in [2.45, 2.75) is 0 Å². The maximum Gasteiger partial charge on any atom is 0.0839 e. The van der Waals surface area contributed by atoms with E-state index in [2.05, 4.69) is 10.3 Å². The Labute approximate surface area is 97.9 Å². The van der Waals surface area contributed by atoms with Crippen LogP contribution in [0.1, 0.15) is 0 Å². The molecule has 1 aromatic heterocycles. The minimum absolute atomic E-state index is 0.506. The molecule has 0 saturated carbocycles. The van der Waals surface area contributed by atoms with E-state index in [0.717, 1.165) is 5.69 Å². The lowest BCUT2D eigenvalue weighted by Gasteiger charge is -2.09. The number of para-hydroxylation sites is 1. The van der Waals surface area contributed by atoms with Crippen LogP contribution in [0.2, 0.25) is 10.0 Å². The van der Waals surface area contributed by atoms with Gasteiger partial charge in [0.15, 0.2) is 0 Å². The third-order valence-corrected chi connectivity index (χ3v) is 2.47. The molecule has 0 aliphatic carbocycles. The topological polar surface area (TPSA) is 24.9 Å². The van der Waals surface area contributed by atoms with Gasteiger partial charge in [-0.15, -0.1) is 0 Å². The predicted molar refractivity (Wildman–Crippen MR) is 64.0 cm³/mol. The molecule has 0 fully saturated rings. The molecule has 1 N–H and O–H groups in total. The van der Waals surface area contributed by atoms with E-state index in [1.807, 2.05) is 30.3 Å². The molecule has 2 nitrogen and oxygen atoms in total. The Morgan fingerprint density at radius 3 is 2.13 bits per heavy atom. The zero-order valence-electron chi connectivity index (χ0n) is 7.74. The maximum atomic E-state index is 5.97. The third-order valence-electron chi connectivity index (χ3n) is 1.90. The number of nitrogens with one attached hydrogen (secondary N) is 1. The van der Waals surface area contributed by atoms with Crippen molar-refractivity contribution in [3.05, 3.63) is 52.8 Å². The van der Waals surface area contributed by atoms with Crippen LogP contribution < -0.4 is 5.32 Å². The molecule has 0 bridgehead atoms. The lowest BCUT2D eigenvalue weighted by atomic mass is 10.3. The van der Waals surface area contributed by atoms with E-state index >= 15 is 0 Å². The summed E-state index contributed by atoms with van der Waals surface area (Å²) in [6, 6.07) is 9.69. The number of hydrogen-bond donors (Lipinski definition) is 1. The second kappa shape index (κ2) is 4.51. The summed E-state index contributed by atoms with van der Waals surface area (Å²) in [4.78, 5) is 3.88. The molecule has 0 radical (unpaired) electrons. The fourth-order valence-corrected chi connectivity index (χ4v) is 1.66. The van der Waals surface area contributed by atoms with Crippen LogP contribution in [-0.4, -0.2) is 4.98 Å². The molecular formula is C11H8Cl2N2. The normalized spacial score (nSPS) is 10.0. The summed E-state index contributed by atoms with van der Waals surface area (Å²) in [6.07, 6.45) is 3.11. The summed E-state index contributed by atoms with van der Waals surface area (Å²) in [5.74, 6) is 0. The highest BCUT2D eigenvalue weighted by Crippen LogP contribution is 2.31. The van der Waals surface area contributed by atoms with Crippen molar-refractivity contribution in [3.63, 3.8) is 0 Å². The molecule has 2 aromatic rings. The largest absolute Gasteiger partial charge is 0.353 e. The van der Waals surface area contributed by atoms with Crippen molar-refractivity contribution in [1.29, 1.82) is 0 Å². The quantitative estimate of drug-likeness (QED) is 0.852. The molecule has 0 amide bonds. The van der Waals surface area contributed by atoms with E-state index in [9.17, 15) is 0 Å². The van der Waals surface area contributed by atoms with E-state index in [-0.39, 0.29) is 0 Å². The Kier molecular flexibility index (Phi) is 3.09. The molecular weight excluding hydrogens is 231 g/mol. The molecule has 4 heteroatoms. The van der Waals surface area contributed by atoms with Gasteiger partial charge >= 0.3 is 0 Å². The minimum atomic E-state index is 0.506. The van der Waals surface area contributed by atoms with Crippen molar-refractivity contribution in [3.8, 4) is 0 Å². The third kappa shape index (κ3) is 2.41. The van der Waals surface area contributed by atoms with Crippen LogP contribution in [0.3, 0.4) is 0 Å². The average molecular weight is 239 g/mol. The molecule has 76 valence electrons. The predicted octanol–water partition coefficient (Wildman–Crippen LogP) is 4.13. The zero-order chi connectivity index (χ0) is 10.7. The second-order valence-corrected chi connectivity index (χ2v) is 3.78. The number of aromatic nitrogens is 1. The second-order valence-electron chi connectivity index (χ2n) is 2.97. The Bertz CT molecular complexity index is 437. The SMILES string of the molecule is Clc1cncc(Cl)c1Nc1ccccc1. The van der Waals surface area contributed by atoms with Crippen molar-refractivity contribution < 1.29 is 0 Å². The molecule has 0 spiro atoms. The van der Waals surface area contributed by atoms with Crippen LogP contribution in [0.15, 0.2) is 42.7 Å². The lowest BCUT2D eigenvalue weighted by Crippen LogP contribution is -1.92.